The number of ether oxygens (including phenoxy) is 1. The Hall–Kier alpha value is -3.20. The zero-order valence-electron chi connectivity index (χ0n) is 15.6. The number of carbonyl (C=O) groups excluding carboxylic acids is 1. The monoisotopic (exact) mass is 407 g/mol. The van der Waals surface area contributed by atoms with Gasteiger partial charge in [-0.3, -0.25) is 25.5 Å². The molecule has 0 aliphatic carbocycles. The van der Waals surface area contributed by atoms with Crippen LogP contribution in [-0.4, -0.2) is 15.9 Å². The predicted octanol–water partition coefficient (Wildman–Crippen LogP) is 5.37. The smallest absolute Gasteiger partial charge is 0.402 e. The summed E-state index contributed by atoms with van der Waals surface area (Å²) in [6, 6.07) is 7.46. The number of carbonyl (C=O) groups is 1. The molecule has 2 aromatic rings. The van der Waals surface area contributed by atoms with Crippen LogP contribution in [-0.2, 0) is 5.41 Å². The molecule has 0 aliphatic heterocycles. The fourth-order valence-electron chi connectivity index (χ4n) is 2.60. The summed E-state index contributed by atoms with van der Waals surface area (Å²) in [7, 11) is 0. The molecular weight excluding hydrogens is 390 g/mol. The molecule has 0 unspecified atom stereocenters. The first-order chi connectivity index (χ1) is 12.9. The third-order valence-corrected chi connectivity index (χ3v) is 4.17. The van der Waals surface area contributed by atoms with Gasteiger partial charge in [0.15, 0.2) is 0 Å². The highest BCUT2D eigenvalue weighted by molar-refractivity contribution is 6.30. The third-order valence-electron chi connectivity index (χ3n) is 3.93. The fraction of sp³-hybridized carbons (Fsp3) is 0.278. The van der Waals surface area contributed by atoms with Crippen LogP contribution >= 0.6 is 11.6 Å². The minimum absolute atomic E-state index is 0.165. The van der Waals surface area contributed by atoms with Crippen LogP contribution in [0.5, 0.6) is 5.75 Å². The van der Waals surface area contributed by atoms with Gasteiger partial charge in [0.25, 0.3) is 5.69 Å². The lowest BCUT2D eigenvalue weighted by atomic mass is 9.84. The van der Waals surface area contributed by atoms with Crippen LogP contribution in [0.4, 0.5) is 21.9 Å². The average Bonchev–Trinajstić information content (AvgIpc) is 2.52. The summed E-state index contributed by atoms with van der Waals surface area (Å²) in [4.78, 5) is 33.8. The minimum Gasteiger partial charge on any atom is -0.402 e. The Balaban J connectivity index is 2.57. The van der Waals surface area contributed by atoms with Gasteiger partial charge < -0.3 is 4.74 Å². The van der Waals surface area contributed by atoms with Crippen molar-refractivity contribution in [3.8, 4) is 5.75 Å². The van der Waals surface area contributed by atoms with Crippen LogP contribution < -0.4 is 10.1 Å². The molecule has 2 aromatic carbocycles. The van der Waals surface area contributed by atoms with Gasteiger partial charge in [-0.2, -0.15) is 0 Å². The molecule has 0 atom stereocenters. The Morgan fingerprint density at radius 1 is 1.14 bits per heavy atom. The molecule has 0 fully saturated rings. The zero-order valence-corrected chi connectivity index (χ0v) is 16.4. The van der Waals surface area contributed by atoms with Crippen molar-refractivity contribution in [1.82, 2.24) is 0 Å². The van der Waals surface area contributed by atoms with Gasteiger partial charge in [0.1, 0.15) is 5.56 Å². The van der Waals surface area contributed by atoms with Gasteiger partial charge >= 0.3 is 11.8 Å². The van der Waals surface area contributed by atoms with Crippen molar-refractivity contribution >= 4 is 34.8 Å². The van der Waals surface area contributed by atoms with Gasteiger partial charge in [0, 0.05) is 22.3 Å². The van der Waals surface area contributed by atoms with E-state index in [0.717, 1.165) is 0 Å². The Bertz CT molecular complexity index is 969. The maximum Gasteiger partial charge on any atom is 0.417 e. The van der Waals surface area contributed by atoms with E-state index >= 15 is 0 Å². The molecule has 0 aliphatic rings. The van der Waals surface area contributed by atoms with Crippen molar-refractivity contribution in [1.29, 1.82) is 0 Å². The Labute approximate surface area is 165 Å². The second-order valence-electron chi connectivity index (χ2n) is 7.04. The van der Waals surface area contributed by atoms with Crippen LogP contribution in [0.3, 0.4) is 0 Å². The van der Waals surface area contributed by atoms with E-state index in [1.54, 1.807) is 39.0 Å². The van der Waals surface area contributed by atoms with E-state index in [0.29, 0.717) is 10.7 Å². The van der Waals surface area contributed by atoms with Crippen molar-refractivity contribution in [2.45, 2.75) is 33.1 Å². The molecular formula is C18H18ClN3O6. The fourth-order valence-corrected chi connectivity index (χ4v) is 2.79. The minimum atomic E-state index is -0.982. The first-order valence-corrected chi connectivity index (χ1v) is 8.51. The standard InChI is InChI=1S/C18H18ClN3O6/c1-10-14(21(24)25)9-13(18(2,3)4)16(15(10)22(26)27)28-17(23)20-12-7-5-6-11(19)8-12/h5-9H,1-4H3,(H,20,23). The lowest BCUT2D eigenvalue weighted by molar-refractivity contribution is -0.395. The molecule has 0 bridgehead atoms. The second-order valence-corrected chi connectivity index (χ2v) is 7.47. The van der Waals surface area contributed by atoms with Crippen LogP contribution in [0.25, 0.3) is 0 Å². The average molecular weight is 408 g/mol. The summed E-state index contributed by atoms with van der Waals surface area (Å²) in [6.45, 7) is 6.34. The molecule has 0 saturated carbocycles. The molecule has 0 saturated heterocycles. The molecule has 1 amide bonds. The number of nitro groups is 2. The van der Waals surface area contributed by atoms with Crippen molar-refractivity contribution < 1.29 is 19.4 Å². The number of nitrogens with one attached hydrogen (secondary N) is 1. The Morgan fingerprint density at radius 2 is 1.79 bits per heavy atom. The molecule has 9 nitrogen and oxygen atoms in total. The molecule has 0 radical (unpaired) electrons. The van der Waals surface area contributed by atoms with Gasteiger partial charge in [0.2, 0.25) is 5.75 Å². The number of rotatable bonds is 4. The summed E-state index contributed by atoms with van der Waals surface area (Å²) < 4.78 is 5.27. The van der Waals surface area contributed by atoms with Crippen molar-refractivity contribution in [2.24, 2.45) is 0 Å². The van der Waals surface area contributed by atoms with Crippen LogP contribution in [0.15, 0.2) is 30.3 Å². The maximum atomic E-state index is 12.3. The number of hydrogen-bond donors (Lipinski definition) is 1. The second kappa shape index (κ2) is 7.81. The molecule has 1 N–H and O–H groups in total. The third kappa shape index (κ3) is 4.55. The van der Waals surface area contributed by atoms with E-state index < -0.39 is 32.7 Å². The van der Waals surface area contributed by atoms with Crippen molar-refractivity contribution in [3.63, 3.8) is 0 Å². The van der Waals surface area contributed by atoms with Gasteiger partial charge in [-0.1, -0.05) is 38.4 Å². The first kappa shape index (κ1) is 21.1. The van der Waals surface area contributed by atoms with Gasteiger partial charge in [0.05, 0.1) is 9.85 Å². The maximum absolute atomic E-state index is 12.3. The van der Waals surface area contributed by atoms with Crippen molar-refractivity contribution in [3.05, 3.63) is 66.7 Å². The number of nitrogens with zero attached hydrogens (tertiary/aromatic N) is 2. The summed E-state index contributed by atoms with van der Waals surface area (Å²) in [5, 5.41) is 25.8. The van der Waals surface area contributed by atoms with E-state index in [-0.39, 0.29) is 16.9 Å². The zero-order chi connectivity index (χ0) is 21.2. The van der Waals surface area contributed by atoms with E-state index in [1.165, 1.54) is 19.1 Å². The number of benzene rings is 2. The highest BCUT2D eigenvalue weighted by atomic mass is 35.5. The molecule has 10 heteroatoms. The van der Waals surface area contributed by atoms with E-state index in [2.05, 4.69) is 5.32 Å². The largest absolute Gasteiger partial charge is 0.417 e. The highest BCUT2D eigenvalue weighted by Gasteiger charge is 2.35. The van der Waals surface area contributed by atoms with Gasteiger partial charge in [-0.25, -0.2) is 4.79 Å². The highest BCUT2D eigenvalue weighted by Crippen LogP contribution is 2.44. The van der Waals surface area contributed by atoms with E-state index in [9.17, 15) is 25.0 Å². The van der Waals surface area contributed by atoms with Crippen LogP contribution in [0, 0.1) is 27.2 Å². The molecule has 0 aromatic heterocycles. The SMILES string of the molecule is Cc1c([N+](=O)[O-])cc(C(C)(C)C)c(OC(=O)Nc2cccc(Cl)c2)c1[N+](=O)[O-]. The van der Waals surface area contributed by atoms with Crippen LogP contribution in [0.2, 0.25) is 5.02 Å². The molecule has 0 heterocycles. The molecule has 0 spiro atoms. The summed E-state index contributed by atoms with van der Waals surface area (Å²) in [5.41, 5.74) is -1.52. The summed E-state index contributed by atoms with van der Waals surface area (Å²) in [5.74, 6) is -0.333. The molecule has 28 heavy (non-hydrogen) atoms. The summed E-state index contributed by atoms with van der Waals surface area (Å²) in [6.07, 6.45) is -0.982. The lowest BCUT2D eigenvalue weighted by Crippen LogP contribution is -2.22. The predicted molar refractivity (Wildman–Crippen MR) is 104 cm³/mol. The summed E-state index contributed by atoms with van der Waals surface area (Å²) >= 11 is 5.86. The number of anilines is 1. The van der Waals surface area contributed by atoms with Crippen molar-refractivity contribution in [2.75, 3.05) is 5.32 Å². The van der Waals surface area contributed by atoms with E-state index in [1.807, 2.05) is 0 Å². The number of nitro benzene ring substituents is 2. The van der Waals surface area contributed by atoms with Gasteiger partial charge in [-0.15, -0.1) is 0 Å². The lowest BCUT2D eigenvalue weighted by Gasteiger charge is -2.22. The Kier molecular flexibility index (Phi) is 5.89. The number of amides is 1. The van der Waals surface area contributed by atoms with E-state index in [4.69, 9.17) is 16.3 Å². The van der Waals surface area contributed by atoms with Gasteiger partial charge in [-0.05, 0) is 30.5 Å². The topological polar surface area (TPSA) is 125 Å². The normalized spacial score (nSPS) is 11.0. The number of halogens is 1. The molecule has 148 valence electrons. The quantitative estimate of drug-likeness (QED) is 0.536. The Morgan fingerprint density at radius 3 is 2.29 bits per heavy atom. The first-order valence-electron chi connectivity index (χ1n) is 8.13. The van der Waals surface area contributed by atoms with Crippen LogP contribution in [0.1, 0.15) is 31.9 Å². The molecule has 2 rings (SSSR count). The number of hydrogen-bond acceptors (Lipinski definition) is 6.